The first-order valence-corrected chi connectivity index (χ1v) is 27.9. The van der Waals surface area contributed by atoms with Crippen LogP contribution in [0.3, 0.4) is 0 Å². The van der Waals surface area contributed by atoms with E-state index in [0.29, 0.717) is 19.3 Å². The normalized spacial score (nSPS) is 12.6. The lowest BCUT2D eigenvalue weighted by Crippen LogP contribution is -2.30. The molecular weight excluding hydrogens is 817 g/mol. The van der Waals surface area contributed by atoms with Crippen LogP contribution in [0.4, 0.5) is 0 Å². The van der Waals surface area contributed by atoms with Crippen molar-refractivity contribution < 1.29 is 28.6 Å². The van der Waals surface area contributed by atoms with Crippen LogP contribution < -0.4 is 0 Å². The Morgan fingerprint density at radius 2 is 0.591 bits per heavy atom. The number of hydrogen-bond acceptors (Lipinski definition) is 6. The molecule has 0 N–H and O–H groups in total. The molecule has 0 saturated carbocycles. The molecule has 0 aliphatic carbocycles. The van der Waals surface area contributed by atoms with Gasteiger partial charge in [-0.15, -0.1) is 0 Å². The molecule has 6 heteroatoms. The lowest BCUT2D eigenvalue weighted by atomic mass is 10.0. The van der Waals surface area contributed by atoms with E-state index in [0.717, 1.165) is 96.3 Å². The number of hydrogen-bond donors (Lipinski definition) is 0. The van der Waals surface area contributed by atoms with Gasteiger partial charge in [-0.1, -0.05) is 254 Å². The minimum absolute atomic E-state index is 0.0866. The molecule has 380 valence electrons. The van der Waals surface area contributed by atoms with Crippen molar-refractivity contribution in [1.82, 2.24) is 0 Å². The number of unbranched alkanes of at least 4 members (excludes halogenated alkanes) is 27. The Labute approximate surface area is 408 Å². The minimum atomic E-state index is -0.789. The first-order valence-electron chi connectivity index (χ1n) is 27.9. The lowest BCUT2D eigenvalue weighted by Gasteiger charge is -2.18. The van der Waals surface area contributed by atoms with Gasteiger partial charge in [0.05, 0.1) is 0 Å². The van der Waals surface area contributed by atoms with E-state index in [1.54, 1.807) is 0 Å². The van der Waals surface area contributed by atoms with Gasteiger partial charge in [-0.05, 0) is 70.6 Å². The second-order valence-electron chi connectivity index (χ2n) is 18.5. The average Bonchev–Trinajstić information content (AvgIpc) is 3.31. The van der Waals surface area contributed by atoms with Gasteiger partial charge < -0.3 is 14.2 Å². The Morgan fingerprint density at radius 3 is 0.924 bits per heavy atom. The van der Waals surface area contributed by atoms with E-state index < -0.39 is 6.10 Å². The Kier molecular flexibility index (Phi) is 51.9. The Balaban J connectivity index is 4.32. The van der Waals surface area contributed by atoms with Crippen molar-refractivity contribution in [3.8, 4) is 0 Å². The highest BCUT2D eigenvalue weighted by atomic mass is 16.6. The van der Waals surface area contributed by atoms with Crippen molar-refractivity contribution in [3.63, 3.8) is 0 Å². The summed E-state index contributed by atoms with van der Waals surface area (Å²) in [7, 11) is 0. The molecule has 6 nitrogen and oxygen atoms in total. The molecule has 1 atom stereocenters. The summed E-state index contributed by atoms with van der Waals surface area (Å²) in [5.74, 6) is -0.928. The highest BCUT2D eigenvalue weighted by Crippen LogP contribution is 2.16. The summed E-state index contributed by atoms with van der Waals surface area (Å²) in [5, 5.41) is 0. The van der Waals surface area contributed by atoms with Gasteiger partial charge in [0.25, 0.3) is 0 Å². The molecule has 0 bridgehead atoms. The maximum Gasteiger partial charge on any atom is 0.306 e. The van der Waals surface area contributed by atoms with Crippen molar-refractivity contribution >= 4 is 17.9 Å². The SMILES string of the molecule is CC/C=C\C/C=C\C/C=C\C/C=C\C/C=C\C/C=C\CCCCC(=O)OCC(COC(=O)CCCCCCCCCC)OC(=O)CCCCCCCCCCCCCCCCCCCCC. The molecule has 0 radical (unpaired) electrons. The van der Waals surface area contributed by atoms with Gasteiger partial charge in [-0.3, -0.25) is 14.4 Å². The first kappa shape index (κ1) is 62.8. The average molecular weight is 921 g/mol. The van der Waals surface area contributed by atoms with Gasteiger partial charge in [-0.2, -0.15) is 0 Å². The topological polar surface area (TPSA) is 78.9 Å². The first-order chi connectivity index (χ1) is 32.5. The predicted molar refractivity (Wildman–Crippen MR) is 284 cm³/mol. The summed E-state index contributed by atoms with van der Waals surface area (Å²) in [6, 6.07) is 0. The largest absolute Gasteiger partial charge is 0.462 e. The molecule has 0 rings (SSSR count). The van der Waals surface area contributed by atoms with Crippen LogP contribution in [0.25, 0.3) is 0 Å². The van der Waals surface area contributed by atoms with Crippen LogP contribution in [-0.4, -0.2) is 37.2 Å². The van der Waals surface area contributed by atoms with Gasteiger partial charge in [0.15, 0.2) is 6.10 Å². The summed E-state index contributed by atoms with van der Waals surface area (Å²) in [6.07, 6.45) is 69.1. The van der Waals surface area contributed by atoms with E-state index >= 15 is 0 Å². The van der Waals surface area contributed by atoms with Crippen LogP contribution >= 0.6 is 0 Å². The molecule has 1 unspecified atom stereocenters. The van der Waals surface area contributed by atoms with Crippen LogP contribution in [-0.2, 0) is 28.6 Å². The van der Waals surface area contributed by atoms with E-state index in [4.69, 9.17) is 14.2 Å². The van der Waals surface area contributed by atoms with Crippen molar-refractivity contribution in [3.05, 3.63) is 72.9 Å². The summed E-state index contributed by atoms with van der Waals surface area (Å²) in [5.41, 5.74) is 0. The van der Waals surface area contributed by atoms with E-state index in [1.807, 2.05) is 0 Å². The summed E-state index contributed by atoms with van der Waals surface area (Å²) in [6.45, 7) is 6.48. The van der Waals surface area contributed by atoms with E-state index in [2.05, 4.69) is 93.7 Å². The zero-order valence-electron chi connectivity index (χ0n) is 43.4. The molecule has 0 heterocycles. The number of esters is 3. The molecule has 0 amide bonds. The molecule has 0 aliphatic heterocycles. The molecule has 0 aliphatic rings. The third kappa shape index (κ3) is 51.8. The number of allylic oxidation sites excluding steroid dienone is 12. The van der Waals surface area contributed by atoms with Gasteiger partial charge in [0.1, 0.15) is 13.2 Å². The highest BCUT2D eigenvalue weighted by Gasteiger charge is 2.19. The molecule has 0 saturated heterocycles. The van der Waals surface area contributed by atoms with Crippen molar-refractivity contribution in [2.75, 3.05) is 13.2 Å². The van der Waals surface area contributed by atoms with Crippen LogP contribution in [0.2, 0.25) is 0 Å². The number of ether oxygens (including phenoxy) is 3. The number of rotatable bonds is 50. The van der Waals surface area contributed by atoms with Gasteiger partial charge in [0.2, 0.25) is 0 Å². The molecule has 0 fully saturated rings. The fourth-order valence-corrected chi connectivity index (χ4v) is 7.80. The Hall–Kier alpha value is -3.15. The Morgan fingerprint density at radius 1 is 0.318 bits per heavy atom. The Bertz CT molecular complexity index is 1240. The monoisotopic (exact) mass is 921 g/mol. The van der Waals surface area contributed by atoms with Crippen molar-refractivity contribution in [1.29, 1.82) is 0 Å². The van der Waals surface area contributed by atoms with E-state index in [1.165, 1.54) is 135 Å². The molecule has 0 aromatic carbocycles. The summed E-state index contributed by atoms with van der Waals surface area (Å²) >= 11 is 0. The molecule has 0 spiro atoms. The molecular formula is C60H104O6. The van der Waals surface area contributed by atoms with Crippen LogP contribution in [0.1, 0.15) is 271 Å². The molecule has 0 aromatic rings. The van der Waals surface area contributed by atoms with Gasteiger partial charge in [-0.25, -0.2) is 0 Å². The molecule has 66 heavy (non-hydrogen) atoms. The highest BCUT2D eigenvalue weighted by molar-refractivity contribution is 5.71. The maximum atomic E-state index is 12.8. The van der Waals surface area contributed by atoms with Crippen LogP contribution in [0.15, 0.2) is 72.9 Å². The van der Waals surface area contributed by atoms with E-state index in [9.17, 15) is 14.4 Å². The van der Waals surface area contributed by atoms with E-state index in [-0.39, 0.29) is 31.1 Å². The molecule has 0 aromatic heterocycles. The minimum Gasteiger partial charge on any atom is -0.462 e. The third-order valence-electron chi connectivity index (χ3n) is 12.0. The van der Waals surface area contributed by atoms with Crippen LogP contribution in [0.5, 0.6) is 0 Å². The zero-order valence-corrected chi connectivity index (χ0v) is 43.4. The van der Waals surface area contributed by atoms with Crippen molar-refractivity contribution in [2.24, 2.45) is 0 Å². The van der Waals surface area contributed by atoms with Crippen LogP contribution in [0, 0.1) is 0 Å². The second kappa shape index (κ2) is 54.5. The number of carbonyl (C=O) groups excluding carboxylic acids is 3. The summed E-state index contributed by atoms with van der Waals surface area (Å²) in [4.78, 5) is 38.0. The standard InChI is InChI=1S/C60H104O6/c1-4-7-10-13-16-19-21-23-25-27-29-30-32-33-35-37-39-41-44-47-50-53-59(62)65-56-57(55-64-58(61)52-49-46-43-18-15-12-9-6-3)66-60(63)54-51-48-45-42-40-38-36-34-31-28-26-24-22-20-17-14-11-8-5-2/h7,10,16,19,23,25,29-30,33,35,39,41,57H,4-6,8-9,11-15,17-18,20-22,24,26-28,31-32,34,36-38,40,42-56H2,1-3H3/b10-7-,19-16-,25-23-,30-29-,35-33-,41-39-. The van der Waals surface area contributed by atoms with Crippen molar-refractivity contribution in [2.45, 2.75) is 277 Å². The zero-order chi connectivity index (χ0) is 47.9. The fourth-order valence-electron chi connectivity index (χ4n) is 7.80. The third-order valence-corrected chi connectivity index (χ3v) is 12.0. The van der Waals surface area contributed by atoms with Gasteiger partial charge >= 0.3 is 17.9 Å². The summed E-state index contributed by atoms with van der Waals surface area (Å²) < 4.78 is 16.8. The lowest BCUT2D eigenvalue weighted by molar-refractivity contribution is -0.167. The maximum absolute atomic E-state index is 12.8. The fraction of sp³-hybridized carbons (Fsp3) is 0.750. The quantitative estimate of drug-likeness (QED) is 0.0262. The number of carbonyl (C=O) groups is 3. The second-order valence-corrected chi connectivity index (χ2v) is 18.5. The smallest absolute Gasteiger partial charge is 0.306 e. The van der Waals surface area contributed by atoms with Gasteiger partial charge in [0, 0.05) is 19.3 Å². The predicted octanol–water partition coefficient (Wildman–Crippen LogP) is 18.6.